The lowest BCUT2D eigenvalue weighted by molar-refractivity contribution is -0.238. The molecule has 0 heterocycles. The van der Waals surface area contributed by atoms with Gasteiger partial charge in [-0.25, -0.2) is 0 Å². The van der Waals surface area contributed by atoms with Crippen LogP contribution in [0.2, 0.25) is 0 Å². The second kappa shape index (κ2) is 4.92. The Hall–Kier alpha value is -1.66. The second-order valence-electron chi connectivity index (χ2n) is 7.80. The molecule has 0 bridgehead atoms. The van der Waals surface area contributed by atoms with E-state index >= 15 is 0 Å². The molecule has 3 heteroatoms. The summed E-state index contributed by atoms with van der Waals surface area (Å²) in [7, 11) is 0. The fourth-order valence-electron chi connectivity index (χ4n) is 5.81. The van der Waals surface area contributed by atoms with Gasteiger partial charge in [0.1, 0.15) is 11.9 Å². The van der Waals surface area contributed by atoms with Crippen molar-refractivity contribution in [2.45, 2.75) is 57.2 Å². The summed E-state index contributed by atoms with van der Waals surface area (Å²) < 4.78 is 5.38. The van der Waals surface area contributed by atoms with Crippen molar-refractivity contribution in [1.29, 1.82) is 0 Å². The summed E-state index contributed by atoms with van der Waals surface area (Å²) in [5, 5.41) is 20.7. The summed E-state index contributed by atoms with van der Waals surface area (Å²) in [6.07, 6.45) is 13.3. The van der Waals surface area contributed by atoms with Crippen molar-refractivity contribution in [2.24, 2.45) is 17.3 Å². The van der Waals surface area contributed by atoms with Crippen molar-refractivity contribution < 1.29 is 14.9 Å². The highest BCUT2D eigenvalue weighted by molar-refractivity contribution is 5.40. The molecule has 0 unspecified atom stereocenters. The first-order valence-electron chi connectivity index (χ1n) is 8.66. The van der Waals surface area contributed by atoms with E-state index in [1.807, 2.05) is 12.1 Å². The Morgan fingerprint density at radius 1 is 1.26 bits per heavy atom. The number of aromatic hydroxyl groups is 1. The largest absolute Gasteiger partial charge is 0.508 e. The van der Waals surface area contributed by atoms with Crippen molar-refractivity contribution in [3.63, 3.8) is 0 Å². The Bertz CT molecular complexity index is 676. The highest BCUT2D eigenvalue weighted by Gasteiger charge is 2.63. The number of fused-ring (bicyclic) bond motifs is 5. The average molecular weight is 312 g/mol. The Morgan fingerprint density at radius 2 is 2.09 bits per heavy atom. The summed E-state index contributed by atoms with van der Waals surface area (Å²) in [6, 6.07) is 5.83. The number of ether oxygens (including phenoxy) is 1. The first kappa shape index (κ1) is 14.9. The maximum absolute atomic E-state index is 11.0. The van der Waals surface area contributed by atoms with Gasteiger partial charge in [-0.2, -0.15) is 0 Å². The summed E-state index contributed by atoms with van der Waals surface area (Å²) in [4.78, 5) is 0. The number of benzene rings is 1. The van der Waals surface area contributed by atoms with Gasteiger partial charge in [0.05, 0.1) is 0 Å². The predicted molar refractivity (Wildman–Crippen MR) is 87.6 cm³/mol. The van der Waals surface area contributed by atoms with Crippen molar-refractivity contribution in [3.8, 4) is 18.3 Å². The first-order valence-corrected chi connectivity index (χ1v) is 8.66. The number of hydrogen-bond acceptors (Lipinski definition) is 3. The van der Waals surface area contributed by atoms with Crippen LogP contribution in [0.1, 0.15) is 56.1 Å². The van der Waals surface area contributed by atoms with Gasteiger partial charge >= 0.3 is 0 Å². The van der Waals surface area contributed by atoms with E-state index in [2.05, 4.69) is 19.1 Å². The standard InChI is InChI=1S/C20H24O3/c1-3-23-20(22)11-9-18-17-6-4-13-12-14(21)5-7-15(13)16(17)8-10-19(18,20)2/h1,5,7,12,16-18,21-22H,4,6,8-11H2,2H3/t16-,17+,18+,19-,20-/m1/s1. The van der Waals surface area contributed by atoms with Gasteiger partial charge < -0.3 is 14.9 Å². The second-order valence-corrected chi connectivity index (χ2v) is 7.80. The Balaban J connectivity index is 1.69. The third kappa shape index (κ3) is 1.94. The lowest BCUT2D eigenvalue weighted by Crippen LogP contribution is -2.51. The number of phenols is 1. The number of phenolic OH excluding ortho intramolecular Hbond substituents is 1. The maximum atomic E-state index is 11.0. The lowest BCUT2D eigenvalue weighted by atomic mass is 9.55. The number of rotatable bonds is 1. The molecule has 3 nitrogen and oxygen atoms in total. The fraction of sp³-hybridized carbons (Fsp3) is 0.600. The molecule has 122 valence electrons. The van der Waals surface area contributed by atoms with Crippen LogP contribution in [0.3, 0.4) is 0 Å². The zero-order valence-electron chi connectivity index (χ0n) is 13.6. The quantitative estimate of drug-likeness (QED) is 0.616. The molecule has 1 aromatic carbocycles. The Labute approximate surface area is 137 Å². The summed E-state index contributed by atoms with van der Waals surface area (Å²) in [5.41, 5.74) is 2.44. The van der Waals surface area contributed by atoms with Gasteiger partial charge in [-0.3, -0.25) is 0 Å². The molecule has 5 atom stereocenters. The monoisotopic (exact) mass is 312 g/mol. The average Bonchev–Trinajstić information content (AvgIpc) is 2.79. The molecule has 23 heavy (non-hydrogen) atoms. The third-order valence-electron chi connectivity index (χ3n) is 7.01. The van der Waals surface area contributed by atoms with E-state index in [0.29, 0.717) is 29.9 Å². The molecule has 4 rings (SSSR count). The number of hydrogen-bond donors (Lipinski definition) is 2. The molecule has 0 spiro atoms. The van der Waals surface area contributed by atoms with Crippen molar-refractivity contribution in [2.75, 3.05) is 0 Å². The van der Waals surface area contributed by atoms with Gasteiger partial charge in [0.2, 0.25) is 5.79 Å². The summed E-state index contributed by atoms with van der Waals surface area (Å²) in [6.45, 7) is 2.16. The van der Waals surface area contributed by atoms with Crippen LogP contribution in [0.5, 0.6) is 5.75 Å². The highest BCUT2D eigenvalue weighted by Crippen LogP contribution is 2.64. The van der Waals surface area contributed by atoms with E-state index in [0.717, 1.165) is 32.1 Å². The molecule has 0 radical (unpaired) electrons. The molecule has 0 aliphatic heterocycles. The molecule has 2 N–H and O–H groups in total. The molecule has 2 fully saturated rings. The molecular formula is C20H24O3. The first-order chi connectivity index (χ1) is 11.0. The third-order valence-corrected chi connectivity index (χ3v) is 7.01. The van der Waals surface area contributed by atoms with Crippen LogP contribution in [0.4, 0.5) is 0 Å². The number of aliphatic hydroxyl groups is 1. The highest BCUT2D eigenvalue weighted by atomic mass is 16.6. The fourth-order valence-corrected chi connectivity index (χ4v) is 5.81. The van der Waals surface area contributed by atoms with Gasteiger partial charge in [0.25, 0.3) is 0 Å². The minimum Gasteiger partial charge on any atom is -0.508 e. The minimum absolute atomic E-state index is 0.255. The van der Waals surface area contributed by atoms with E-state index in [1.165, 1.54) is 11.1 Å². The van der Waals surface area contributed by atoms with Gasteiger partial charge in [0, 0.05) is 11.8 Å². The minimum atomic E-state index is -1.17. The van der Waals surface area contributed by atoms with Crippen molar-refractivity contribution >= 4 is 0 Å². The van der Waals surface area contributed by atoms with E-state index in [-0.39, 0.29) is 5.41 Å². The number of aryl methyl sites for hydroxylation is 1. The SMILES string of the molecule is C#CO[C@]1(O)CC[C@H]2[C@H]3CCc4cc(O)ccc4[C@H]3CC[C@]21C. The normalized spacial score (nSPS) is 41.3. The molecule has 3 aliphatic carbocycles. The van der Waals surface area contributed by atoms with Crippen LogP contribution < -0.4 is 0 Å². The van der Waals surface area contributed by atoms with E-state index in [1.54, 1.807) is 0 Å². The molecule has 1 aromatic rings. The van der Waals surface area contributed by atoms with Crippen LogP contribution in [-0.2, 0) is 11.2 Å². The molecule has 0 amide bonds. The maximum Gasteiger partial charge on any atom is 0.224 e. The zero-order valence-corrected chi connectivity index (χ0v) is 13.6. The van der Waals surface area contributed by atoms with Gasteiger partial charge in [-0.05, 0) is 73.1 Å². The van der Waals surface area contributed by atoms with E-state index < -0.39 is 5.79 Å². The van der Waals surface area contributed by atoms with Crippen LogP contribution in [0.25, 0.3) is 0 Å². The predicted octanol–water partition coefficient (Wildman–Crippen LogP) is 3.54. The Morgan fingerprint density at radius 3 is 2.87 bits per heavy atom. The summed E-state index contributed by atoms with van der Waals surface area (Å²) >= 11 is 0. The van der Waals surface area contributed by atoms with E-state index in [9.17, 15) is 10.2 Å². The van der Waals surface area contributed by atoms with Gasteiger partial charge in [-0.15, -0.1) is 0 Å². The van der Waals surface area contributed by atoms with E-state index in [4.69, 9.17) is 11.2 Å². The molecule has 0 saturated heterocycles. The lowest BCUT2D eigenvalue weighted by Gasteiger charge is -2.52. The van der Waals surface area contributed by atoms with Gasteiger partial charge in [0.15, 0.2) is 0 Å². The van der Waals surface area contributed by atoms with Crippen LogP contribution in [0, 0.1) is 29.8 Å². The topological polar surface area (TPSA) is 49.7 Å². The van der Waals surface area contributed by atoms with Crippen LogP contribution in [-0.4, -0.2) is 16.0 Å². The zero-order chi connectivity index (χ0) is 16.2. The number of terminal acetylenes is 1. The van der Waals surface area contributed by atoms with Crippen LogP contribution in [0.15, 0.2) is 18.2 Å². The van der Waals surface area contributed by atoms with Gasteiger partial charge in [-0.1, -0.05) is 19.4 Å². The molecule has 2 saturated carbocycles. The van der Waals surface area contributed by atoms with Crippen LogP contribution >= 0.6 is 0 Å². The molecule has 0 aromatic heterocycles. The summed E-state index contributed by atoms with van der Waals surface area (Å²) in [5.74, 6) is 0.737. The van der Waals surface area contributed by atoms with Crippen molar-refractivity contribution in [3.05, 3.63) is 29.3 Å². The Kier molecular flexibility index (Phi) is 3.19. The smallest absolute Gasteiger partial charge is 0.224 e. The van der Waals surface area contributed by atoms with Crippen molar-refractivity contribution in [1.82, 2.24) is 0 Å². The molecular weight excluding hydrogens is 288 g/mol. The molecule has 3 aliphatic rings.